The Morgan fingerprint density at radius 1 is 1.50 bits per heavy atom. The molecule has 0 aromatic carbocycles. The predicted molar refractivity (Wildman–Crippen MR) is 59.4 cm³/mol. The molecule has 0 atom stereocenters. The smallest absolute Gasteiger partial charge is 0.388 e. The van der Waals surface area contributed by atoms with E-state index in [1.807, 2.05) is 0 Å². The van der Waals surface area contributed by atoms with Crippen LogP contribution in [0, 0.1) is 0 Å². The zero-order valence-electron chi connectivity index (χ0n) is 8.45. The predicted octanol–water partition coefficient (Wildman–Crippen LogP) is 1.71. The molecule has 0 amide bonds. The second-order valence-electron chi connectivity index (χ2n) is 3.24. The normalized spacial score (nSPS) is 11.2. The molecule has 7 heteroatoms. The fourth-order valence-electron chi connectivity index (χ4n) is 1.12. The summed E-state index contributed by atoms with van der Waals surface area (Å²) < 4.78 is 36.3. The van der Waals surface area contributed by atoms with Crippen LogP contribution in [-0.2, 0) is 0 Å². The first kappa shape index (κ1) is 12.7. The molecule has 2 N–H and O–H groups in total. The zero-order chi connectivity index (χ0) is 12.3. The summed E-state index contributed by atoms with van der Waals surface area (Å²) in [6.07, 6.45) is -2.93. The van der Waals surface area contributed by atoms with E-state index in [2.05, 4.69) is 17.2 Å². The number of halogens is 3. The summed E-state index contributed by atoms with van der Waals surface area (Å²) in [7, 11) is 1.34. The van der Waals surface area contributed by atoms with E-state index < -0.39 is 12.7 Å². The highest BCUT2D eigenvalue weighted by atomic mass is 32.1. The molecule has 0 saturated carbocycles. The lowest BCUT2D eigenvalue weighted by Gasteiger charge is -2.20. The highest BCUT2D eigenvalue weighted by Crippen LogP contribution is 2.20. The Hall–Kier alpha value is -1.37. The van der Waals surface area contributed by atoms with Gasteiger partial charge in [-0.2, -0.15) is 13.2 Å². The number of alkyl halides is 3. The first-order chi connectivity index (χ1) is 7.29. The van der Waals surface area contributed by atoms with Gasteiger partial charge in [-0.1, -0.05) is 12.2 Å². The van der Waals surface area contributed by atoms with E-state index in [0.717, 1.165) is 4.90 Å². The quantitative estimate of drug-likeness (QED) is 0.828. The average Bonchev–Trinajstić information content (AvgIpc) is 2.15. The molecule has 1 aromatic heterocycles. The SMILES string of the molecule is CN(CC(F)(F)F)c1ccc(C(N)=S)nc1. The van der Waals surface area contributed by atoms with Crippen molar-refractivity contribution in [1.29, 1.82) is 0 Å². The van der Waals surface area contributed by atoms with E-state index in [1.54, 1.807) is 0 Å². The van der Waals surface area contributed by atoms with Crippen molar-refractivity contribution in [3.8, 4) is 0 Å². The molecular formula is C9H10F3N3S. The number of rotatable bonds is 3. The van der Waals surface area contributed by atoms with Crippen molar-refractivity contribution < 1.29 is 13.2 Å². The van der Waals surface area contributed by atoms with Crippen molar-refractivity contribution in [3.63, 3.8) is 0 Å². The van der Waals surface area contributed by atoms with Crippen molar-refractivity contribution >= 4 is 22.9 Å². The fraction of sp³-hybridized carbons (Fsp3) is 0.333. The van der Waals surface area contributed by atoms with Crippen LogP contribution < -0.4 is 10.6 Å². The molecular weight excluding hydrogens is 239 g/mol. The standard InChI is InChI=1S/C9H10F3N3S/c1-15(5-9(10,11)12)6-2-3-7(8(13)16)14-4-6/h2-4H,5H2,1H3,(H2,13,16). The van der Waals surface area contributed by atoms with Gasteiger partial charge in [0.15, 0.2) is 0 Å². The molecule has 1 aromatic rings. The molecule has 88 valence electrons. The summed E-state index contributed by atoms with van der Waals surface area (Å²) in [6.45, 7) is -1.03. The van der Waals surface area contributed by atoms with Crippen LogP contribution >= 0.6 is 12.2 Å². The molecule has 1 rings (SSSR count). The molecule has 0 unspecified atom stereocenters. The molecule has 0 spiro atoms. The van der Waals surface area contributed by atoms with Crippen LogP contribution in [0.25, 0.3) is 0 Å². The molecule has 0 aliphatic heterocycles. The van der Waals surface area contributed by atoms with Crippen LogP contribution in [0.5, 0.6) is 0 Å². The van der Waals surface area contributed by atoms with Crippen LogP contribution in [0.1, 0.15) is 5.69 Å². The first-order valence-corrected chi connectivity index (χ1v) is 4.74. The average molecular weight is 249 g/mol. The minimum Gasteiger partial charge on any atom is -0.388 e. The fourth-order valence-corrected chi connectivity index (χ4v) is 1.24. The Morgan fingerprint density at radius 3 is 2.50 bits per heavy atom. The maximum atomic E-state index is 12.1. The Morgan fingerprint density at radius 2 is 2.12 bits per heavy atom. The molecule has 0 aliphatic carbocycles. The van der Waals surface area contributed by atoms with Crippen LogP contribution in [0.3, 0.4) is 0 Å². The lowest BCUT2D eigenvalue weighted by atomic mass is 10.3. The van der Waals surface area contributed by atoms with Crippen LogP contribution in [-0.4, -0.2) is 29.7 Å². The third-order valence-corrected chi connectivity index (χ3v) is 2.07. The Kier molecular flexibility index (Phi) is 3.69. The van der Waals surface area contributed by atoms with E-state index in [-0.39, 0.29) is 4.99 Å². The van der Waals surface area contributed by atoms with Gasteiger partial charge < -0.3 is 10.6 Å². The zero-order valence-corrected chi connectivity index (χ0v) is 9.27. The van der Waals surface area contributed by atoms with Gasteiger partial charge >= 0.3 is 6.18 Å². The highest BCUT2D eigenvalue weighted by molar-refractivity contribution is 7.80. The summed E-state index contributed by atoms with van der Waals surface area (Å²) in [6, 6.07) is 2.98. The summed E-state index contributed by atoms with van der Waals surface area (Å²) >= 11 is 4.68. The topological polar surface area (TPSA) is 42.1 Å². The van der Waals surface area contributed by atoms with Crippen molar-refractivity contribution in [2.45, 2.75) is 6.18 Å². The van der Waals surface area contributed by atoms with Crippen molar-refractivity contribution in [2.75, 3.05) is 18.5 Å². The van der Waals surface area contributed by atoms with Crippen molar-refractivity contribution in [1.82, 2.24) is 4.98 Å². The monoisotopic (exact) mass is 249 g/mol. The molecule has 0 aliphatic rings. The van der Waals surface area contributed by atoms with Gasteiger partial charge in [0, 0.05) is 7.05 Å². The Bertz CT molecular complexity index is 375. The van der Waals surface area contributed by atoms with Gasteiger partial charge in [0.1, 0.15) is 11.5 Å². The molecule has 16 heavy (non-hydrogen) atoms. The van der Waals surface area contributed by atoms with Gasteiger partial charge in [0.25, 0.3) is 0 Å². The number of hydrogen-bond donors (Lipinski definition) is 1. The minimum absolute atomic E-state index is 0.116. The number of aromatic nitrogens is 1. The van der Waals surface area contributed by atoms with E-state index >= 15 is 0 Å². The van der Waals surface area contributed by atoms with Gasteiger partial charge in [-0.05, 0) is 12.1 Å². The maximum Gasteiger partial charge on any atom is 0.405 e. The second-order valence-corrected chi connectivity index (χ2v) is 3.68. The Labute approximate surface area is 96.1 Å². The van der Waals surface area contributed by atoms with Gasteiger partial charge in [-0.15, -0.1) is 0 Å². The number of anilines is 1. The third kappa shape index (κ3) is 3.65. The molecule has 0 saturated heterocycles. The van der Waals surface area contributed by atoms with Crippen LogP contribution in [0.15, 0.2) is 18.3 Å². The summed E-state index contributed by atoms with van der Waals surface area (Å²) in [5.74, 6) is 0. The number of hydrogen-bond acceptors (Lipinski definition) is 3. The Balaban J connectivity index is 2.78. The molecule has 0 bridgehead atoms. The third-order valence-electron chi connectivity index (χ3n) is 1.86. The maximum absolute atomic E-state index is 12.1. The number of nitrogens with two attached hydrogens (primary N) is 1. The molecule has 3 nitrogen and oxygen atoms in total. The largest absolute Gasteiger partial charge is 0.405 e. The van der Waals surface area contributed by atoms with E-state index in [4.69, 9.17) is 5.73 Å². The number of nitrogens with zero attached hydrogens (tertiary/aromatic N) is 2. The summed E-state index contributed by atoms with van der Waals surface area (Å²) in [5.41, 5.74) is 6.06. The van der Waals surface area contributed by atoms with Crippen LogP contribution in [0.2, 0.25) is 0 Å². The lowest BCUT2D eigenvalue weighted by Crippen LogP contribution is -2.31. The lowest BCUT2D eigenvalue weighted by molar-refractivity contribution is -0.119. The molecule has 0 radical (unpaired) electrons. The van der Waals surface area contributed by atoms with E-state index in [0.29, 0.717) is 11.4 Å². The molecule has 1 heterocycles. The van der Waals surface area contributed by atoms with Gasteiger partial charge in [-0.25, -0.2) is 0 Å². The van der Waals surface area contributed by atoms with Gasteiger partial charge in [-0.3, -0.25) is 4.98 Å². The first-order valence-electron chi connectivity index (χ1n) is 4.33. The highest BCUT2D eigenvalue weighted by Gasteiger charge is 2.29. The molecule has 0 fully saturated rings. The van der Waals surface area contributed by atoms with E-state index in [9.17, 15) is 13.2 Å². The van der Waals surface area contributed by atoms with Crippen LogP contribution in [0.4, 0.5) is 18.9 Å². The number of thiocarbonyl (C=S) groups is 1. The second kappa shape index (κ2) is 4.65. The van der Waals surface area contributed by atoms with Gasteiger partial charge in [0.2, 0.25) is 0 Å². The summed E-state index contributed by atoms with van der Waals surface area (Å²) in [5, 5.41) is 0. The summed E-state index contributed by atoms with van der Waals surface area (Å²) in [4.78, 5) is 5.02. The van der Waals surface area contributed by atoms with Crippen molar-refractivity contribution in [2.24, 2.45) is 5.73 Å². The minimum atomic E-state index is -4.24. The van der Waals surface area contributed by atoms with Gasteiger partial charge in [0.05, 0.1) is 17.6 Å². The van der Waals surface area contributed by atoms with E-state index in [1.165, 1.54) is 25.4 Å². The van der Waals surface area contributed by atoms with Crippen molar-refractivity contribution in [3.05, 3.63) is 24.0 Å². The number of pyridine rings is 1.